The first kappa shape index (κ1) is 36.0. The van der Waals surface area contributed by atoms with E-state index in [1.54, 1.807) is 0 Å². The van der Waals surface area contributed by atoms with E-state index in [1.807, 2.05) is 12.1 Å². The van der Waals surface area contributed by atoms with Crippen LogP contribution >= 0.6 is 0 Å². The van der Waals surface area contributed by atoms with Gasteiger partial charge < -0.3 is 37.6 Å². The molecule has 2 aromatic rings. The zero-order chi connectivity index (χ0) is 30.4. The maximum Gasteiger partial charge on any atom is 0.307 e. The van der Waals surface area contributed by atoms with E-state index in [-0.39, 0.29) is 17.4 Å². The van der Waals surface area contributed by atoms with Crippen LogP contribution in [0.3, 0.4) is 0 Å². The molecule has 0 N–H and O–H groups in total. The smallest absolute Gasteiger partial charge is 0.307 e. The van der Waals surface area contributed by atoms with Crippen molar-refractivity contribution >= 4 is 24.7 Å². The summed E-state index contributed by atoms with van der Waals surface area (Å²) in [6, 6.07) is 21.2. The molecule has 2 aromatic carbocycles. The van der Waals surface area contributed by atoms with Gasteiger partial charge in [0.25, 0.3) is 8.32 Å². The first-order valence-electron chi connectivity index (χ1n) is 14.7. The molecule has 0 heterocycles. The molecule has 0 aliphatic carbocycles. The maximum absolute atomic E-state index is 10.9. The molecular formula is C32H50O9Si. The lowest BCUT2D eigenvalue weighted by atomic mass is 10.2. The number of benzene rings is 2. The van der Waals surface area contributed by atoms with Gasteiger partial charge >= 0.3 is 5.97 Å². The number of hydrogen-bond acceptors (Lipinski definition) is 9. The molecule has 0 bridgehead atoms. The molecule has 236 valence electrons. The van der Waals surface area contributed by atoms with Crippen molar-refractivity contribution < 1.29 is 42.4 Å². The third kappa shape index (κ3) is 13.4. The van der Waals surface area contributed by atoms with Crippen LogP contribution in [-0.2, 0) is 42.4 Å². The lowest BCUT2D eigenvalue weighted by Crippen LogP contribution is -2.66. The molecular weight excluding hydrogens is 556 g/mol. The highest BCUT2D eigenvalue weighted by Crippen LogP contribution is 2.36. The van der Waals surface area contributed by atoms with Crippen molar-refractivity contribution in [3.8, 4) is 0 Å². The number of esters is 1. The minimum atomic E-state index is -2.53. The second-order valence-corrected chi connectivity index (χ2v) is 14.8. The van der Waals surface area contributed by atoms with Crippen molar-refractivity contribution in [3.63, 3.8) is 0 Å². The van der Waals surface area contributed by atoms with Crippen molar-refractivity contribution in [2.45, 2.75) is 32.2 Å². The van der Waals surface area contributed by atoms with E-state index in [0.29, 0.717) is 85.9 Å². The fourth-order valence-corrected chi connectivity index (χ4v) is 9.02. The summed E-state index contributed by atoms with van der Waals surface area (Å²) in [4.78, 5) is 10.9. The molecule has 0 fully saturated rings. The Balaban J connectivity index is 1.49. The number of carbonyl (C=O) groups excluding carboxylic acids is 1. The van der Waals surface area contributed by atoms with Crippen LogP contribution in [0, 0.1) is 0 Å². The van der Waals surface area contributed by atoms with Gasteiger partial charge in [-0.1, -0.05) is 81.4 Å². The molecule has 2 rings (SSSR count). The molecule has 0 saturated carbocycles. The van der Waals surface area contributed by atoms with Gasteiger partial charge in [-0.25, -0.2) is 0 Å². The molecule has 0 radical (unpaired) electrons. The van der Waals surface area contributed by atoms with E-state index in [0.717, 1.165) is 0 Å². The molecule has 0 amide bonds. The van der Waals surface area contributed by atoms with E-state index >= 15 is 0 Å². The van der Waals surface area contributed by atoms with Crippen LogP contribution in [0.5, 0.6) is 0 Å². The first-order valence-corrected chi connectivity index (χ1v) is 16.6. The minimum Gasteiger partial charge on any atom is -0.469 e. The molecule has 0 aliphatic rings. The normalized spacial score (nSPS) is 12.0. The molecule has 0 spiro atoms. The Morgan fingerprint density at radius 1 is 0.548 bits per heavy atom. The van der Waals surface area contributed by atoms with Crippen LogP contribution in [0.25, 0.3) is 0 Å². The van der Waals surface area contributed by atoms with Gasteiger partial charge in [0.2, 0.25) is 0 Å². The lowest BCUT2D eigenvalue weighted by Gasteiger charge is -2.43. The Morgan fingerprint density at radius 3 is 1.21 bits per heavy atom. The summed E-state index contributed by atoms with van der Waals surface area (Å²) in [6.07, 6.45) is 0.249. The molecule has 0 saturated heterocycles. The minimum absolute atomic E-state index is 0.0541. The van der Waals surface area contributed by atoms with Gasteiger partial charge in [0, 0.05) is 0 Å². The van der Waals surface area contributed by atoms with Crippen molar-refractivity contribution in [2.75, 3.05) is 93.0 Å². The maximum atomic E-state index is 10.9. The summed E-state index contributed by atoms with van der Waals surface area (Å²) in [5.41, 5.74) is 0. The Labute approximate surface area is 252 Å². The monoisotopic (exact) mass is 606 g/mol. The SMILES string of the molecule is COC(=O)CCOCCOCCOCCOCCOCCOCCO[Si](c1ccccc1)(c1ccccc1)C(C)(C)C. The van der Waals surface area contributed by atoms with Gasteiger partial charge in [0.05, 0.1) is 99.4 Å². The van der Waals surface area contributed by atoms with Crippen LogP contribution in [-0.4, -0.2) is 107 Å². The zero-order valence-corrected chi connectivity index (χ0v) is 26.8. The Bertz CT molecular complexity index is 899. The number of carbonyl (C=O) groups is 1. The van der Waals surface area contributed by atoms with Gasteiger partial charge in [-0.05, 0) is 15.4 Å². The highest BCUT2D eigenvalue weighted by atomic mass is 28.4. The first-order chi connectivity index (χ1) is 20.4. The molecule has 0 aliphatic heterocycles. The summed E-state index contributed by atoms with van der Waals surface area (Å²) in [5, 5.41) is 2.48. The van der Waals surface area contributed by atoms with Crippen LogP contribution in [0.1, 0.15) is 27.2 Å². The Hall–Kier alpha value is -2.15. The summed E-state index contributed by atoms with van der Waals surface area (Å²) < 4.78 is 44.5. The fraction of sp³-hybridized carbons (Fsp3) is 0.594. The van der Waals surface area contributed by atoms with Crippen molar-refractivity contribution in [3.05, 3.63) is 60.7 Å². The fourth-order valence-electron chi connectivity index (χ4n) is 4.47. The number of rotatable bonds is 24. The van der Waals surface area contributed by atoms with Gasteiger partial charge in [-0.2, -0.15) is 0 Å². The molecule has 0 unspecified atom stereocenters. The molecule has 0 aromatic heterocycles. The summed E-state index contributed by atoms with van der Waals surface area (Å²) in [6.45, 7) is 13.0. The van der Waals surface area contributed by atoms with Gasteiger partial charge in [-0.3, -0.25) is 4.79 Å². The largest absolute Gasteiger partial charge is 0.469 e. The Kier molecular flexibility index (Phi) is 18.5. The standard InChI is InChI=1S/C32H50O9Si/c1-32(2,3)42(29-11-7-5-8-12-29,30-13-9-6-10-14-30)41-28-27-40-26-25-39-24-23-38-22-21-37-20-19-36-18-17-35-16-15-31(33)34-4/h5-14H,15-28H2,1-4H3. The van der Waals surface area contributed by atoms with Gasteiger partial charge in [0.15, 0.2) is 0 Å². The third-order valence-electron chi connectivity index (χ3n) is 6.50. The lowest BCUT2D eigenvalue weighted by molar-refractivity contribution is -0.141. The quantitative estimate of drug-likeness (QED) is 0.102. The molecule has 10 heteroatoms. The third-order valence-corrected chi connectivity index (χ3v) is 11.5. The molecule has 42 heavy (non-hydrogen) atoms. The summed E-state index contributed by atoms with van der Waals surface area (Å²) in [7, 11) is -1.17. The zero-order valence-electron chi connectivity index (χ0n) is 25.8. The van der Waals surface area contributed by atoms with Gasteiger partial charge in [-0.15, -0.1) is 0 Å². The van der Waals surface area contributed by atoms with Crippen molar-refractivity contribution in [1.29, 1.82) is 0 Å². The van der Waals surface area contributed by atoms with E-state index in [2.05, 4.69) is 74.0 Å². The average molecular weight is 607 g/mol. The Morgan fingerprint density at radius 2 is 0.881 bits per heavy atom. The van der Waals surface area contributed by atoms with Crippen LogP contribution in [0.15, 0.2) is 60.7 Å². The second-order valence-electron chi connectivity index (χ2n) is 10.5. The average Bonchev–Trinajstić information content (AvgIpc) is 3.00. The van der Waals surface area contributed by atoms with Gasteiger partial charge in [0.1, 0.15) is 0 Å². The van der Waals surface area contributed by atoms with Crippen LogP contribution in [0.4, 0.5) is 0 Å². The topological polar surface area (TPSA) is 90.9 Å². The summed E-state index contributed by atoms with van der Waals surface area (Å²) >= 11 is 0. The van der Waals surface area contributed by atoms with Crippen LogP contribution in [0.2, 0.25) is 5.04 Å². The van der Waals surface area contributed by atoms with E-state index in [9.17, 15) is 4.79 Å². The highest BCUT2D eigenvalue weighted by Gasteiger charge is 2.49. The van der Waals surface area contributed by atoms with E-state index < -0.39 is 8.32 Å². The number of ether oxygens (including phenoxy) is 7. The number of hydrogen-bond donors (Lipinski definition) is 0. The van der Waals surface area contributed by atoms with Crippen LogP contribution < -0.4 is 10.4 Å². The van der Waals surface area contributed by atoms with E-state index in [1.165, 1.54) is 17.5 Å². The predicted molar refractivity (Wildman–Crippen MR) is 165 cm³/mol. The highest BCUT2D eigenvalue weighted by molar-refractivity contribution is 6.99. The predicted octanol–water partition coefficient (Wildman–Crippen LogP) is 3.23. The van der Waals surface area contributed by atoms with Crippen molar-refractivity contribution in [2.24, 2.45) is 0 Å². The summed E-state index contributed by atoms with van der Waals surface area (Å²) in [5.74, 6) is -0.281. The number of methoxy groups -OCH3 is 1. The van der Waals surface area contributed by atoms with E-state index in [4.69, 9.17) is 32.8 Å². The molecule has 0 atom stereocenters. The van der Waals surface area contributed by atoms with Crippen molar-refractivity contribution in [1.82, 2.24) is 0 Å². The molecule has 9 nitrogen and oxygen atoms in total. The second kappa shape index (κ2) is 21.5.